The third-order valence-electron chi connectivity index (χ3n) is 4.33. The summed E-state index contributed by atoms with van der Waals surface area (Å²) in [5, 5.41) is 0. The largest absolute Gasteiger partial charge is 0.472 e. The summed E-state index contributed by atoms with van der Waals surface area (Å²) in [7, 11) is 0. The van der Waals surface area contributed by atoms with Gasteiger partial charge in [0.25, 0.3) is 0 Å². The van der Waals surface area contributed by atoms with Gasteiger partial charge in [-0.15, -0.1) is 0 Å². The maximum Gasteiger partial charge on any atom is 0.418 e. The van der Waals surface area contributed by atoms with E-state index in [4.69, 9.17) is 10.2 Å². The Balaban J connectivity index is 2.11. The maximum atomic E-state index is 13.6. The monoisotopic (exact) mass is 336 g/mol. The molecule has 0 aliphatic carbocycles. The van der Waals surface area contributed by atoms with Gasteiger partial charge in [-0.1, -0.05) is 13.0 Å². The SMILES string of the molecule is CC1CC=C2C(C(F)(F)F)=CC(c3ccoc3)=CN2C=C1CCN. The third kappa shape index (κ3) is 3.19. The number of nitrogens with zero attached hydrogens (tertiary/aromatic N) is 1. The first-order valence-corrected chi connectivity index (χ1v) is 7.83. The van der Waals surface area contributed by atoms with E-state index < -0.39 is 11.7 Å². The minimum atomic E-state index is -4.43. The summed E-state index contributed by atoms with van der Waals surface area (Å²) < 4.78 is 45.7. The van der Waals surface area contributed by atoms with Crippen molar-refractivity contribution in [2.75, 3.05) is 6.54 Å². The van der Waals surface area contributed by atoms with E-state index in [-0.39, 0.29) is 11.6 Å². The quantitative estimate of drug-likeness (QED) is 0.878. The van der Waals surface area contributed by atoms with Gasteiger partial charge in [-0.2, -0.15) is 13.2 Å². The molecule has 3 nitrogen and oxygen atoms in total. The Bertz CT molecular complexity index is 724. The van der Waals surface area contributed by atoms with E-state index in [0.717, 1.165) is 5.57 Å². The van der Waals surface area contributed by atoms with Gasteiger partial charge in [0, 0.05) is 23.5 Å². The molecule has 0 amide bonds. The number of hydrogen-bond donors (Lipinski definition) is 1. The van der Waals surface area contributed by atoms with Crippen molar-refractivity contribution in [2.24, 2.45) is 11.7 Å². The lowest BCUT2D eigenvalue weighted by Gasteiger charge is -2.28. The molecule has 1 aromatic heterocycles. The van der Waals surface area contributed by atoms with Crippen molar-refractivity contribution in [3.05, 3.63) is 65.6 Å². The Morgan fingerprint density at radius 1 is 1.33 bits per heavy atom. The average Bonchev–Trinajstić information content (AvgIpc) is 3.00. The lowest BCUT2D eigenvalue weighted by Crippen LogP contribution is -2.24. The summed E-state index contributed by atoms with van der Waals surface area (Å²) in [6.07, 6.45) is 6.02. The maximum absolute atomic E-state index is 13.6. The van der Waals surface area contributed by atoms with E-state index in [9.17, 15) is 13.2 Å². The highest BCUT2D eigenvalue weighted by Crippen LogP contribution is 2.41. The first-order chi connectivity index (χ1) is 11.4. The van der Waals surface area contributed by atoms with E-state index in [1.807, 2.05) is 6.92 Å². The standard InChI is InChI=1S/C18H19F3N2O/c1-12-2-3-17-16(18(19,20)21)8-15(14-5-7-24-11-14)10-23(17)9-13(12)4-6-22/h3,5,7-12H,2,4,6,22H2,1H3. The number of halogens is 3. The van der Waals surface area contributed by atoms with Crippen molar-refractivity contribution >= 4 is 5.57 Å². The van der Waals surface area contributed by atoms with Crippen LogP contribution in [0.5, 0.6) is 0 Å². The summed E-state index contributed by atoms with van der Waals surface area (Å²) in [4.78, 5) is 1.57. The summed E-state index contributed by atoms with van der Waals surface area (Å²) in [6, 6.07) is 1.65. The number of alkyl halides is 3. The minimum absolute atomic E-state index is 0.159. The molecule has 1 unspecified atom stereocenters. The van der Waals surface area contributed by atoms with Crippen LogP contribution in [-0.2, 0) is 0 Å². The van der Waals surface area contributed by atoms with Crippen LogP contribution < -0.4 is 5.73 Å². The third-order valence-corrected chi connectivity index (χ3v) is 4.33. The van der Waals surface area contributed by atoms with Crippen molar-refractivity contribution in [1.82, 2.24) is 4.90 Å². The topological polar surface area (TPSA) is 42.4 Å². The zero-order valence-corrected chi connectivity index (χ0v) is 13.3. The highest BCUT2D eigenvalue weighted by atomic mass is 19.4. The van der Waals surface area contributed by atoms with Gasteiger partial charge in [-0.25, -0.2) is 0 Å². The fourth-order valence-corrected chi connectivity index (χ4v) is 2.98. The average molecular weight is 336 g/mol. The van der Waals surface area contributed by atoms with Gasteiger partial charge in [0.1, 0.15) is 0 Å². The van der Waals surface area contributed by atoms with Crippen LogP contribution in [0.2, 0.25) is 0 Å². The van der Waals surface area contributed by atoms with Crippen molar-refractivity contribution in [2.45, 2.75) is 25.9 Å². The van der Waals surface area contributed by atoms with Crippen LogP contribution >= 0.6 is 0 Å². The predicted octanol–water partition coefficient (Wildman–Crippen LogP) is 4.58. The summed E-state index contributed by atoms with van der Waals surface area (Å²) >= 11 is 0. The second kappa shape index (κ2) is 6.36. The predicted molar refractivity (Wildman–Crippen MR) is 86.3 cm³/mol. The molecule has 128 valence electrons. The Hall–Kier alpha value is -2.21. The number of nitrogens with two attached hydrogens (primary N) is 1. The van der Waals surface area contributed by atoms with Crippen LogP contribution in [0.3, 0.4) is 0 Å². The fourth-order valence-electron chi connectivity index (χ4n) is 2.98. The van der Waals surface area contributed by atoms with Gasteiger partial charge in [0.2, 0.25) is 0 Å². The molecule has 0 aromatic carbocycles. The molecule has 0 saturated heterocycles. The Labute approximate surface area is 138 Å². The van der Waals surface area contributed by atoms with Gasteiger partial charge < -0.3 is 15.1 Å². The number of allylic oxidation sites excluding steroid dienone is 4. The fraction of sp³-hybridized carbons (Fsp3) is 0.333. The van der Waals surface area contributed by atoms with Gasteiger partial charge >= 0.3 is 6.18 Å². The lowest BCUT2D eigenvalue weighted by atomic mass is 9.96. The normalized spacial score (nSPS) is 21.4. The summed E-state index contributed by atoms with van der Waals surface area (Å²) in [5.74, 6) is 0.159. The Morgan fingerprint density at radius 2 is 2.12 bits per heavy atom. The zero-order chi connectivity index (χ0) is 17.3. The van der Waals surface area contributed by atoms with Crippen LogP contribution in [-0.4, -0.2) is 17.6 Å². The van der Waals surface area contributed by atoms with Gasteiger partial charge in [-0.05, 0) is 43.0 Å². The zero-order valence-electron chi connectivity index (χ0n) is 13.3. The van der Waals surface area contributed by atoms with Crippen LogP contribution in [0.4, 0.5) is 13.2 Å². The van der Waals surface area contributed by atoms with Crippen molar-refractivity contribution in [1.29, 1.82) is 0 Å². The molecule has 2 aliphatic rings. The summed E-state index contributed by atoms with van der Waals surface area (Å²) in [5.41, 5.74) is 7.31. The molecule has 0 bridgehead atoms. The lowest BCUT2D eigenvalue weighted by molar-refractivity contribution is -0.0908. The van der Waals surface area contributed by atoms with E-state index in [0.29, 0.717) is 30.5 Å². The van der Waals surface area contributed by atoms with Gasteiger partial charge in [-0.3, -0.25) is 0 Å². The molecule has 6 heteroatoms. The van der Waals surface area contributed by atoms with Crippen LogP contribution in [0.25, 0.3) is 5.57 Å². The van der Waals surface area contributed by atoms with Gasteiger partial charge in [0.05, 0.1) is 23.8 Å². The highest BCUT2D eigenvalue weighted by molar-refractivity contribution is 5.77. The number of fused-ring (bicyclic) bond motifs is 1. The molecule has 0 saturated carbocycles. The van der Waals surface area contributed by atoms with Crippen molar-refractivity contribution < 1.29 is 17.6 Å². The second-order valence-electron chi connectivity index (χ2n) is 6.03. The van der Waals surface area contributed by atoms with Crippen LogP contribution in [0, 0.1) is 5.92 Å². The Morgan fingerprint density at radius 3 is 2.75 bits per heavy atom. The van der Waals surface area contributed by atoms with E-state index in [2.05, 4.69) is 0 Å². The first kappa shape index (κ1) is 16.6. The molecule has 3 heterocycles. The van der Waals surface area contributed by atoms with Crippen molar-refractivity contribution in [3.8, 4) is 0 Å². The molecule has 0 fully saturated rings. The number of furan rings is 1. The molecule has 2 N–H and O–H groups in total. The van der Waals surface area contributed by atoms with E-state index in [1.54, 1.807) is 29.4 Å². The molecule has 0 radical (unpaired) electrons. The van der Waals surface area contributed by atoms with Gasteiger partial charge in [0.15, 0.2) is 0 Å². The Kier molecular flexibility index (Phi) is 4.41. The molecule has 1 aromatic rings. The molecule has 1 atom stereocenters. The smallest absolute Gasteiger partial charge is 0.418 e. The molecule has 2 aliphatic heterocycles. The van der Waals surface area contributed by atoms with Crippen LogP contribution in [0.15, 0.2) is 64.4 Å². The van der Waals surface area contributed by atoms with E-state index >= 15 is 0 Å². The number of rotatable bonds is 3. The van der Waals surface area contributed by atoms with E-state index in [1.165, 1.54) is 18.6 Å². The molecular weight excluding hydrogens is 317 g/mol. The highest BCUT2D eigenvalue weighted by Gasteiger charge is 2.39. The van der Waals surface area contributed by atoms with Crippen LogP contribution in [0.1, 0.15) is 25.3 Å². The second-order valence-corrected chi connectivity index (χ2v) is 6.03. The summed E-state index contributed by atoms with van der Waals surface area (Å²) in [6.45, 7) is 2.48. The molecule has 3 rings (SSSR count). The van der Waals surface area contributed by atoms with Crippen molar-refractivity contribution in [3.63, 3.8) is 0 Å². The molecule has 0 spiro atoms. The first-order valence-electron chi connectivity index (χ1n) is 7.83. The number of hydrogen-bond acceptors (Lipinski definition) is 3. The minimum Gasteiger partial charge on any atom is -0.472 e. The molecular formula is C18H19F3N2O. The molecule has 24 heavy (non-hydrogen) atoms.